The van der Waals surface area contributed by atoms with E-state index in [1.807, 2.05) is 19.1 Å². The van der Waals surface area contributed by atoms with Gasteiger partial charge in [0.15, 0.2) is 0 Å². The van der Waals surface area contributed by atoms with Gasteiger partial charge in [-0.1, -0.05) is 6.07 Å². The third kappa shape index (κ3) is 4.11. The molecule has 1 amide bonds. The average Bonchev–Trinajstić information content (AvgIpc) is 2.40. The van der Waals surface area contributed by atoms with E-state index in [0.29, 0.717) is 18.2 Å². The molecule has 0 aliphatic carbocycles. The number of carbonyl (C=O) groups is 1. The second-order valence-electron chi connectivity index (χ2n) is 5.02. The molecule has 1 aromatic rings. The molecule has 0 aromatic carbocycles. The average molecular weight is 247 g/mol. The summed E-state index contributed by atoms with van der Waals surface area (Å²) in [5, 5.41) is 6.21. The van der Waals surface area contributed by atoms with Crippen molar-refractivity contribution in [2.24, 2.45) is 5.92 Å². The normalized spacial score (nSPS) is 19.5. The van der Waals surface area contributed by atoms with E-state index in [4.69, 9.17) is 0 Å². The molecular formula is C14H21N3O. The minimum Gasteiger partial charge on any atom is -0.316 e. The fourth-order valence-electron chi connectivity index (χ4n) is 2.25. The highest BCUT2D eigenvalue weighted by Gasteiger charge is 2.14. The topological polar surface area (TPSA) is 54.0 Å². The molecule has 1 fully saturated rings. The summed E-state index contributed by atoms with van der Waals surface area (Å²) in [5.41, 5.74) is 1.10. The van der Waals surface area contributed by atoms with Crippen LogP contribution in [0.3, 0.4) is 0 Å². The van der Waals surface area contributed by atoms with Crippen LogP contribution in [0.4, 0.5) is 5.82 Å². The van der Waals surface area contributed by atoms with Crippen molar-refractivity contribution in [3.05, 3.63) is 23.9 Å². The number of anilines is 1. The van der Waals surface area contributed by atoms with Gasteiger partial charge in [-0.25, -0.2) is 4.98 Å². The van der Waals surface area contributed by atoms with Gasteiger partial charge in [-0.2, -0.15) is 0 Å². The Morgan fingerprint density at radius 2 is 2.44 bits per heavy atom. The minimum absolute atomic E-state index is 0.0666. The van der Waals surface area contributed by atoms with Crippen LogP contribution in [0.15, 0.2) is 18.3 Å². The van der Waals surface area contributed by atoms with Crippen molar-refractivity contribution in [3.63, 3.8) is 0 Å². The fraction of sp³-hybridized carbons (Fsp3) is 0.571. The molecule has 1 aromatic heterocycles. The number of hydrogen-bond donors (Lipinski definition) is 2. The molecule has 1 aliphatic rings. The standard InChI is InChI=1S/C14H21N3O/c1-11-4-6-13(16-9-11)17-14(18)7-5-12-3-2-8-15-10-12/h4,6,9,12,15H,2-3,5,7-8,10H2,1H3,(H,16,17,18). The zero-order valence-corrected chi connectivity index (χ0v) is 10.9. The molecule has 1 unspecified atom stereocenters. The second kappa shape index (κ2) is 6.50. The van der Waals surface area contributed by atoms with Crippen LogP contribution in [0.1, 0.15) is 31.2 Å². The molecule has 0 bridgehead atoms. The Bertz CT molecular complexity index is 383. The lowest BCUT2D eigenvalue weighted by molar-refractivity contribution is -0.116. The molecule has 2 N–H and O–H groups in total. The van der Waals surface area contributed by atoms with Crippen LogP contribution in [0.25, 0.3) is 0 Å². The number of nitrogens with zero attached hydrogens (tertiary/aromatic N) is 1. The highest BCUT2D eigenvalue weighted by atomic mass is 16.1. The summed E-state index contributed by atoms with van der Waals surface area (Å²) in [6, 6.07) is 3.79. The maximum absolute atomic E-state index is 11.8. The van der Waals surface area contributed by atoms with Crippen LogP contribution in [0.5, 0.6) is 0 Å². The molecule has 4 nitrogen and oxygen atoms in total. The Kier molecular flexibility index (Phi) is 4.70. The summed E-state index contributed by atoms with van der Waals surface area (Å²) in [5.74, 6) is 1.36. The number of piperidine rings is 1. The monoisotopic (exact) mass is 247 g/mol. The first-order valence-corrected chi connectivity index (χ1v) is 6.67. The summed E-state index contributed by atoms with van der Waals surface area (Å²) in [4.78, 5) is 15.9. The number of hydrogen-bond acceptors (Lipinski definition) is 3. The van der Waals surface area contributed by atoms with Crippen molar-refractivity contribution in [3.8, 4) is 0 Å². The van der Waals surface area contributed by atoms with Crippen molar-refractivity contribution in [2.45, 2.75) is 32.6 Å². The van der Waals surface area contributed by atoms with Gasteiger partial charge >= 0.3 is 0 Å². The number of rotatable bonds is 4. The molecule has 1 saturated heterocycles. The molecular weight excluding hydrogens is 226 g/mol. The van der Waals surface area contributed by atoms with E-state index in [9.17, 15) is 4.79 Å². The zero-order chi connectivity index (χ0) is 12.8. The van der Waals surface area contributed by atoms with E-state index in [1.54, 1.807) is 6.20 Å². The lowest BCUT2D eigenvalue weighted by Gasteiger charge is -2.22. The van der Waals surface area contributed by atoms with Gasteiger partial charge in [0.05, 0.1) is 0 Å². The van der Waals surface area contributed by atoms with Crippen LogP contribution in [-0.4, -0.2) is 24.0 Å². The summed E-state index contributed by atoms with van der Waals surface area (Å²) >= 11 is 0. The largest absolute Gasteiger partial charge is 0.316 e. The Balaban J connectivity index is 1.73. The Morgan fingerprint density at radius 3 is 3.11 bits per heavy atom. The quantitative estimate of drug-likeness (QED) is 0.856. The van der Waals surface area contributed by atoms with Crippen molar-refractivity contribution >= 4 is 11.7 Å². The predicted molar refractivity (Wildman–Crippen MR) is 72.4 cm³/mol. The van der Waals surface area contributed by atoms with E-state index in [-0.39, 0.29) is 5.91 Å². The van der Waals surface area contributed by atoms with E-state index in [0.717, 1.165) is 25.1 Å². The molecule has 0 saturated carbocycles. The fourth-order valence-corrected chi connectivity index (χ4v) is 2.25. The lowest BCUT2D eigenvalue weighted by atomic mass is 9.94. The summed E-state index contributed by atoms with van der Waals surface area (Å²) < 4.78 is 0. The molecule has 2 rings (SSSR count). The van der Waals surface area contributed by atoms with E-state index in [2.05, 4.69) is 15.6 Å². The molecule has 4 heteroatoms. The number of carbonyl (C=O) groups excluding carboxylic acids is 1. The molecule has 18 heavy (non-hydrogen) atoms. The number of nitrogens with one attached hydrogen (secondary N) is 2. The van der Waals surface area contributed by atoms with Crippen LogP contribution >= 0.6 is 0 Å². The van der Waals surface area contributed by atoms with Crippen molar-refractivity contribution in [2.75, 3.05) is 18.4 Å². The first kappa shape index (κ1) is 13.0. The number of aromatic nitrogens is 1. The minimum atomic E-state index is 0.0666. The van der Waals surface area contributed by atoms with Crippen LogP contribution in [-0.2, 0) is 4.79 Å². The van der Waals surface area contributed by atoms with Gasteiger partial charge in [-0.05, 0) is 56.8 Å². The molecule has 0 spiro atoms. The first-order valence-electron chi connectivity index (χ1n) is 6.67. The Labute approximate surface area is 108 Å². The van der Waals surface area contributed by atoms with Crippen molar-refractivity contribution < 1.29 is 4.79 Å². The summed E-state index contributed by atoms with van der Waals surface area (Å²) in [6.07, 6.45) is 5.78. The lowest BCUT2D eigenvalue weighted by Crippen LogP contribution is -2.30. The summed E-state index contributed by atoms with van der Waals surface area (Å²) in [7, 11) is 0. The predicted octanol–water partition coefficient (Wildman–Crippen LogP) is 2.11. The maximum Gasteiger partial charge on any atom is 0.225 e. The third-order valence-electron chi connectivity index (χ3n) is 3.36. The van der Waals surface area contributed by atoms with Crippen LogP contribution < -0.4 is 10.6 Å². The maximum atomic E-state index is 11.8. The van der Waals surface area contributed by atoms with Gasteiger partial charge < -0.3 is 10.6 Å². The van der Waals surface area contributed by atoms with Gasteiger partial charge in [0.25, 0.3) is 0 Å². The van der Waals surface area contributed by atoms with E-state index < -0.39 is 0 Å². The Hall–Kier alpha value is -1.42. The SMILES string of the molecule is Cc1ccc(NC(=O)CCC2CCCNC2)nc1. The molecule has 1 atom stereocenters. The first-order chi connectivity index (χ1) is 8.74. The van der Waals surface area contributed by atoms with Gasteiger partial charge in [0.2, 0.25) is 5.91 Å². The van der Waals surface area contributed by atoms with Crippen LogP contribution in [0, 0.1) is 12.8 Å². The zero-order valence-electron chi connectivity index (χ0n) is 10.9. The molecule has 98 valence electrons. The number of aryl methyl sites for hydroxylation is 1. The van der Waals surface area contributed by atoms with Gasteiger partial charge in [-0.15, -0.1) is 0 Å². The second-order valence-corrected chi connectivity index (χ2v) is 5.02. The highest BCUT2D eigenvalue weighted by molar-refractivity contribution is 5.89. The molecule has 1 aliphatic heterocycles. The highest BCUT2D eigenvalue weighted by Crippen LogP contribution is 2.16. The summed E-state index contributed by atoms with van der Waals surface area (Å²) in [6.45, 7) is 4.15. The van der Waals surface area contributed by atoms with E-state index >= 15 is 0 Å². The van der Waals surface area contributed by atoms with Gasteiger partial charge in [-0.3, -0.25) is 4.79 Å². The third-order valence-corrected chi connectivity index (χ3v) is 3.36. The molecule has 0 radical (unpaired) electrons. The smallest absolute Gasteiger partial charge is 0.225 e. The van der Waals surface area contributed by atoms with Crippen LogP contribution in [0.2, 0.25) is 0 Å². The van der Waals surface area contributed by atoms with Gasteiger partial charge in [0.1, 0.15) is 5.82 Å². The van der Waals surface area contributed by atoms with Crippen molar-refractivity contribution in [1.29, 1.82) is 0 Å². The Morgan fingerprint density at radius 1 is 1.56 bits per heavy atom. The molecule has 2 heterocycles. The number of pyridine rings is 1. The van der Waals surface area contributed by atoms with Gasteiger partial charge in [0, 0.05) is 12.6 Å². The van der Waals surface area contributed by atoms with Crippen molar-refractivity contribution in [1.82, 2.24) is 10.3 Å². The van der Waals surface area contributed by atoms with E-state index in [1.165, 1.54) is 12.8 Å². The number of amides is 1.